The van der Waals surface area contributed by atoms with Crippen molar-refractivity contribution in [2.24, 2.45) is 0 Å². The van der Waals surface area contributed by atoms with Gasteiger partial charge in [0, 0.05) is 12.1 Å². The number of nitrogens with one attached hydrogen (secondary N) is 1. The molecular formula is C13H16FN5O2. The van der Waals surface area contributed by atoms with Crippen LogP contribution in [-0.4, -0.2) is 19.9 Å². The molecule has 8 heteroatoms. The van der Waals surface area contributed by atoms with Gasteiger partial charge in [-0.1, -0.05) is 5.21 Å². The predicted octanol–water partition coefficient (Wildman–Crippen LogP) is 2.69. The van der Waals surface area contributed by atoms with Crippen LogP contribution < -0.4 is 5.32 Å². The molecule has 0 radical (unpaired) electrons. The minimum absolute atomic E-state index is 0.0644. The van der Waals surface area contributed by atoms with Gasteiger partial charge in [0.1, 0.15) is 11.5 Å². The van der Waals surface area contributed by atoms with Gasteiger partial charge < -0.3 is 5.32 Å². The maximum atomic E-state index is 13.6. The molecule has 7 nitrogen and oxygen atoms in total. The highest BCUT2D eigenvalue weighted by Crippen LogP contribution is 2.21. The average molecular weight is 293 g/mol. The molecule has 1 aromatic carbocycles. The van der Waals surface area contributed by atoms with Crippen LogP contribution in [0.5, 0.6) is 0 Å². The largest absolute Gasteiger partial charge is 0.377 e. The van der Waals surface area contributed by atoms with Crippen molar-refractivity contribution in [3.63, 3.8) is 0 Å². The number of rotatable bonds is 4. The van der Waals surface area contributed by atoms with Gasteiger partial charge in [-0.25, -0.2) is 9.07 Å². The molecule has 1 aromatic heterocycles. The summed E-state index contributed by atoms with van der Waals surface area (Å²) < 4.78 is 15.3. The van der Waals surface area contributed by atoms with E-state index in [-0.39, 0.29) is 23.5 Å². The summed E-state index contributed by atoms with van der Waals surface area (Å²) in [4.78, 5) is 10.1. The fourth-order valence-corrected chi connectivity index (χ4v) is 1.66. The van der Waals surface area contributed by atoms with Crippen molar-refractivity contribution in [3.05, 3.63) is 46.0 Å². The molecule has 21 heavy (non-hydrogen) atoms. The van der Waals surface area contributed by atoms with Crippen LogP contribution >= 0.6 is 0 Å². The third-order valence-electron chi connectivity index (χ3n) is 2.85. The summed E-state index contributed by atoms with van der Waals surface area (Å²) in [5.41, 5.74) is 0.324. The Morgan fingerprint density at radius 1 is 1.43 bits per heavy atom. The van der Waals surface area contributed by atoms with E-state index in [1.165, 1.54) is 0 Å². The first-order chi connectivity index (χ1) is 9.77. The number of hydrogen-bond acceptors (Lipinski definition) is 5. The molecule has 0 unspecified atom stereocenters. The summed E-state index contributed by atoms with van der Waals surface area (Å²) in [5.74, 6) is -0.552. The quantitative estimate of drug-likeness (QED) is 0.692. The van der Waals surface area contributed by atoms with E-state index in [2.05, 4.69) is 15.6 Å². The maximum Gasteiger partial charge on any atom is 0.271 e. The fraction of sp³-hybridized carbons (Fsp3) is 0.385. The van der Waals surface area contributed by atoms with Crippen molar-refractivity contribution in [2.45, 2.75) is 32.9 Å². The van der Waals surface area contributed by atoms with Crippen LogP contribution in [0.1, 0.15) is 26.5 Å². The van der Waals surface area contributed by atoms with Crippen LogP contribution in [0.25, 0.3) is 0 Å². The number of nitro groups is 1. The number of hydrogen-bond donors (Lipinski definition) is 1. The van der Waals surface area contributed by atoms with Gasteiger partial charge in [0.25, 0.3) is 5.69 Å². The van der Waals surface area contributed by atoms with Gasteiger partial charge in [-0.3, -0.25) is 10.1 Å². The molecule has 0 bridgehead atoms. The molecular weight excluding hydrogens is 277 g/mol. The SMILES string of the molecule is CC(C)(C)n1cc(CNc2cc([N+](=O)[O-])ccc2F)nn1. The van der Waals surface area contributed by atoms with E-state index in [1.54, 1.807) is 10.9 Å². The Bertz CT molecular complexity index is 663. The van der Waals surface area contributed by atoms with Crippen LogP contribution in [0.15, 0.2) is 24.4 Å². The lowest BCUT2D eigenvalue weighted by molar-refractivity contribution is -0.384. The van der Waals surface area contributed by atoms with E-state index in [1.807, 2.05) is 20.8 Å². The van der Waals surface area contributed by atoms with E-state index in [0.29, 0.717) is 5.69 Å². The maximum absolute atomic E-state index is 13.6. The number of nitrogens with zero attached hydrogens (tertiary/aromatic N) is 4. The van der Waals surface area contributed by atoms with E-state index in [0.717, 1.165) is 18.2 Å². The lowest BCUT2D eigenvalue weighted by Gasteiger charge is -2.17. The smallest absolute Gasteiger partial charge is 0.271 e. The van der Waals surface area contributed by atoms with Crippen molar-refractivity contribution < 1.29 is 9.31 Å². The van der Waals surface area contributed by atoms with Crippen LogP contribution in [0.4, 0.5) is 15.8 Å². The van der Waals surface area contributed by atoms with Crippen molar-refractivity contribution in [2.75, 3.05) is 5.32 Å². The van der Waals surface area contributed by atoms with Gasteiger partial charge in [-0.05, 0) is 26.8 Å². The number of aromatic nitrogens is 3. The summed E-state index contributed by atoms with van der Waals surface area (Å²) in [6, 6.07) is 3.34. The number of anilines is 1. The van der Waals surface area contributed by atoms with E-state index in [4.69, 9.17) is 0 Å². The Balaban J connectivity index is 2.11. The second-order valence-corrected chi connectivity index (χ2v) is 5.60. The summed E-state index contributed by atoms with van der Waals surface area (Å²) in [6.07, 6.45) is 1.75. The first kappa shape index (κ1) is 14.9. The third-order valence-corrected chi connectivity index (χ3v) is 2.85. The second kappa shape index (κ2) is 5.47. The molecule has 1 heterocycles. The van der Waals surface area contributed by atoms with E-state index < -0.39 is 10.7 Å². The molecule has 0 spiro atoms. The number of halogens is 1. The Labute approximate surface area is 120 Å². The molecule has 0 aliphatic carbocycles. The van der Waals surface area contributed by atoms with Gasteiger partial charge in [-0.15, -0.1) is 5.10 Å². The first-order valence-corrected chi connectivity index (χ1v) is 6.37. The molecule has 0 saturated carbocycles. The predicted molar refractivity (Wildman–Crippen MR) is 75.4 cm³/mol. The Hall–Kier alpha value is -2.51. The molecule has 0 amide bonds. The highest BCUT2D eigenvalue weighted by atomic mass is 19.1. The average Bonchev–Trinajstić information content (AvgIpc) is 2.86. The van der Waals surface area contributed by atoms with Crippen LogP contribution in [0, 0.1) is 15.9 Å². The lowest BCUT2D eigenvalue weighted by atomic mass is 10.1. The number of benzene rings is 1. The van der Waals surface area contributed by atoms with Gasteiger partial charge in [0.15, 0.2) is 0 Å². The van der Waals surface area contributed by atoms with Crippen molar-refractivity contribution in [3.8, 4) is 0 Å². The first-order valence-electron chi connectivity index (χ1n) is 6.37. The van der Waals surface area contributed by atoms with Crippen molar-refractivity contribution >= 4 is 11.4 Å². The zero-order valence-corrected chi connectivity index (χ0v) is 12.0. The lowest BCUT2D eigenvalue weighted by Crippen LogP contribution is -2.22. The Morgan fingerprint density at radius 2 is 2.14 bits per heavy atom. The van der Waals surface area contributed by atoms with Crippen molar-refractivity contribution in [1.29, 1.82) is 0 Å². The minimum Gasteiger partial charge on any atom is -0.377 e. The Morgan fingerprint density at radius 3 is 2.71 bits per heavy atom. The molecule has 0 aliphatic rings. The summed E-state index contributed by atoms with van der Waals surface area (Å²) in [5, 5.41) is 21.4. The second-order valence-electron chi connectivity index (χ2n) is 5.60. The van der Waals surface area contributed by atoms with Crippen molar-refractivity contribution in [1.82, 2.24) is 15.0 Å². The molecule has 0 fully saturated rings. The topological polar surface area (TPSA) is 85.9 Å². The zero-order valence-electron chi connectivity index (χ0n) is 12.0. The van der Waals surface area contributed by atoms with E-state index >= 15 is 0 Å². The van der Waals surface area contributed by atoms with Gasteiger partial charge >= 0.3 is 0 Å². The molecule has 0 aliphatic heterocycles. The van der Waals surface area contributed by atoms with E-state index in [9.17, 15) is 14.5 Å². The highest BCUT2D eigenvalue weighted by Gasteiger charge is 2.15. The normalized spacial score (nSPS) is 11.4. The molecule has 0 atom stereocenters. The van der Waals surface area contributed by atoms with Gasteiger partial charge in [0.2, 0.25) is 0 Å². The number of nitro benzene ring substituents is 1. The van der Waals surface area contributed by atoms with Crippen LogP contribution in [0.3, 0.4) is 0 Å². The minimum atomic E-state index is -0.569. The highest BCUT2D eigenvalue weighted by molar-refractivity contribution is 5.52. The molecule has 1 N–H and O–H groups in total. The standard InChI is InChI=1S/C13H16FN5O2/c1-13(2,3)18-8-9(16-17-18)7-15-12-6-10(19(20)21)4-5-11(12)14/h4-6,8,15H,7H2,1-3H3. The monoisotopic (exact) mass is 293 g/mol. The third kappa shape index (κ3) is 3.53. The van der Waals surface area contributed by atoms with Crippen LogP contribution in [-0.2, 0) is 12.1 Å². The molecule has 2 aromatic rings. The summed E-state index contributed by atoms with van der Waals surface area (Å²) >= 11 is 0. The Kier molecular flexibility index (Phi) is 3.88. The van der Waals surface area contributed by atoms with Gasteiger partial charge in [0.05, 0.1) is 28.9 Å². The number of non-ortho nitro benzene ring substituents is 1. The molecule has 0 saturated heterocycles. The molecule has 2 rings (SSSR count). The summed E-state index contributed by atoms with van der Waals surface area (Å²) in [6.45, 7) is 6.19. The zero-order chi connectivity index (χ0) is 15.6. The van der Waals surface area contributed by atoms with Crippen LogP contribution in [0.2, 0.25) is 0 Å². The molecule has 112 valence electrons. The van der Waals surface area contributed by atoms with Gasteiger partial charge in [-0.2, -0.15) is 0 Å². The summed E-state index contributed by atoms with van der Waals surface area (Å²) in [7, 11) is 0. The fourth-order valence-electron chi connectivity index (χ4n) is 1.66.